The van der Waals surface area contributed by atoms with Crippen LogP contribution in [0.1, 0.15) is 5.56 Å². The summed E-state index contributed by atoms with van der Waals surface area (Å²) in [5, 5.41) is 9.78. The fraction of sp³-hybridized carbons (Fsp3) is 0.143. The number of aromatic nitrogens is 1. The number of anilines is 1. The molecule has 1 heterocycles. The SMILES string of the molecule is COc1ccc(CN(C(=O)O)c2cc(Cl)cnc2Br)cc1. The molecular formula is C14H12BrClN2O3. The Hall–Kier alpha value is -1.79. The van der Waals surface area contributed by atoms with Crippen LogP contribution in [0.15, 0.2) is 41.1 Å². The lowest BCUT2D eigenvalue weighted by Gasteiger charge is -2.20. The number of rotatable bonds is 4. The number of hydrogen-bond acceptors (Lipinski definition) is 3. The number of pyridine rings is 1. The summed E-state index contributed by atoms with van der Waals surface area (Å²) < 4.78 is 5.50. The highest BCUT2D eigenvalue weighted by Crippen LogP contribution is 2.28. The Kier molecular flexibility index (Phi) is 5.03. The predicted molar refractivity (Wildman–Crippen MR) is 84.1 cm³/mol. The maximum atomic E-state index is 11.5. The molecule has 0 unspecified atom stereocenters. The first kappa shape index (κ1) is 15.6. The van der Waals surface area contributed by atoms with E-state index in [9.17, 15) is 9.90 Å². The molecule has 0 atom stereocenters. The van der Waals surface area contributed by atoms with E-state index in [1.54, 1.807) is 37.4 Å². The van der Waals surface area contributed by atoms with E-state index in [0.717, 1.165) is 5.56 Å². The van der Waals surface area contributed by atoms with Gasteiger partial charge >= 0.3 is 6.09 Å². The van der Waals surface area contributed by atoms with Gasteiger partial charge in [-0.1, -0.05) is 23.7 Å². The summed E-state index contributed by atoms with van der Waals surface area (Å²) in [5.74, 6) is 0.714. The molecule has 0 aliphatic carbocycles. The summed E-state index contributed by atoms with van der Waals surface area (Å²) in [7, 11) is 1.58. The van der Waals surface area contributed by atoms with E-state index in [0.29, 0.717) is 21.1 Å². The molecule has 2 aromatic rings. The van der Waals surface area contributed by atoms with Gasteiger partial charge in [0, 0.05) is 6.20 Å². The van der Waals surface area contributed by atoms with Crippen LogP contribution in [-0.2, 0) is 6.54 Å². The summed E-state index contributed by atoms with van der Waals surface area (Å²) in [6, 6.07) is 8.72. The predicted octanol–water partition coefficient (Wildman–Crippen LogP) is 4.19. The third kappa shape index (κ3) is 3.86. The van der Waals surface area contributed by atoms with E-state index in [4.69, 9.17) is 16.3 Å². The number of carbonyl (C=O) groups is 1. The number of methoxy groups -OCH3 is 1. The van der Waals surface area contributed by atoms with Gasteiger partial charge in [0.15, 0.2) is 0 Å². The van der Waals surface area contributed by atoms with Gasteiger partial charge in [-0.15, -0.1) is 0 Å². The van der Waals surface area contributed by atoms with Crippen molar-refractivity contribution in [1.29, 1.82) is 0 Å². The quantitative estimate of drug-likeness (QED) is 0.819. The van der Waals surface area contributed by atoms with Crippen LogP contribution in [-0.4, -0.2) is 23.3 Å². The molecule has 21 heavy (non-hydrogen) atoms. The zero-order chi connectivity index (χ0) is 15.4. The molecule has 0 fully saturated rings. The maximum Gasteiger partial charge on any atom is 0.412 e. The van der Waals surface area contributed by atoms with Crippen molar-refractivity contribution in [2.75, 3.05) is 12.0 Å². The summed E-state index contributed by atoms with van der Waals surface area (Å²) in [6.45, 7) is 0.181. The van der Waals surface area contributed by atoms with E-state index in [2.05, 4.69) is 20.9 Å². The van der Waals surface area contributed by atoms with Crippen molar-refractivity contribution in [3.63, 3.8) is 0 Å². The molecule has 7 heteroatoms. The van der Waals surface area contributed by atoms with Crippen molar-refractivity contribution >= 4 is 39.3 Å². The van der Waals surface area contributed by atoms with E-state index < -0.39 is 6.09 Å². The highest BCUT2D eigenvalue weighted by Gasteiger charge is 2.19. The number of carboxylic acid groups (broad SMARTS) is 1. The third-order valence-electron chi connectivity index (χ3n) is 2.81. The van der Waals surface area contributed by atoms with Gasteiger partial charge in [-0.25, -0.2) is 9.78 Å². The van der Waals surface area contributed by atoms with Crippen LogP contribution >= 0.6 is 27.5 Å². The topological polar surface area (TPSA) is 62.7 Å². The second-order valence-corrected chi connectivity index (χ2v) is 5.37. The zero-order valence-electron chi connectivity index (χ0n) is 11.1. The first-order chi connectivity index (χ1) is 10.0. The lowest BCUT2D eigenvalue weighted by molar-refractivity contribution is 0.201. The fourth-order valence-electron chi connectivity index (χ4n) is 1.77. The third-order valence-corrected chi connectivity index (χ3v) is 3.63. The Morgan fingerprint density at radius 3 is 2.67 bits per heavy atom. The lowest BCUT2D eigenvalue weighted by Crippen LogP contribution is -2.29. The van der Waals surface area contributed by atoms with Crippen molar-refractivity contribution in [3.8, 4) is 5.75 Å². The van der Waals surface area contributed by atoms with Crippen molar-refractivity contribution in [2.45, 2.75) is 6.54 Å². The maximum absolute atomic E-state index is 11.5. The minimum absolute atomic E-state index is 0.181. The molecule has 5 nitrogen and oxygen atoms in total. The molecule has 0 bridgehead atoms. The van der Waals surface area contributed by atoms with Gasteiger partial charge in [-0.2, -0.15) is 0 Å². The average molecular weight is 372 g/mol. The Morgan fingerprint density at radius 2 is 2.10 bits per heavy atom. The Labute approximate surface area is 135 Å². The standard InChI is InChI=1S/C14H12BrClN2O3/c1-21-11-4-2-9(3-5-11)8-18(14(19)20)12-6-10(16)7-17-13(12)15/h2-7H,8H2,1H3,(H,19,20). The average Bonchev–Trinajstić information content (AvgIpc) is 2.48. The molecule has 0 aliphatic heterocycles. The minimum atomic E-state index is -1.09. The van der Waals surface area contributed by atoms with Crippen LogP contribution in [0.5, 0.6) is 5.75 Å². The van der Waals surface area contributed by atoms with Crippen molar-refractivity contribution < 1.29 is 14.6 Å². The molecule has 0 aliphatic rings. The first-order valence-electron chi connectivity index (χ1n) is 5.95. The Bertz CT molecular complexity index is 649. The summed E-state index contributed by atoms with van der Waals surface area (Å²) >= 11 is 9.13. The lowest BCUT2D eigenvalue weighted by atomic mass is 10.2. The molecule has 0 radical (unpaired) electrons. The van der Waals surface area contributed by atoms with Gasteiger partial charge in [0.2, 0.25) is 0 Å². The number of benzene rings is 1. The highest BCUT2D eigenvalue weighted by atomic mass is 79.9. The number of halogens is 2. The van der Waals surface area contributed by atoms with E-state index in [1.807, 2.05) is 0 Å². The molecular weight excluding hydrogens is 360 g/mol. The van der Waals surface area contributed by atoms with Gasteiger partial charge in [-0.3, -0.25) is 4.90 Å². The minimum Gasteiger partial charge on any atom is -0.497 e. The molecule has 1 aromatic carbocycles. The second-order valence-electron chi connectivity index (χ2n) is 4.18. The van der Waals surface area contributed by atoms with Gasteiger partial charge in [0.05, 0.1) is 24.4 Å². The molecule has 2 rings (SSSR count). The van der Waals surface area contributed by atoms with Crippen molar-refractivity contribution in [1.82, 2.24) is 4.98 Å². The molecule has 110 valence electrons. The molecule has 0 saturated heterocycles. The number of amides is 1. The van der Waals surface area contributed by atoms with E-state index in [-0.39, 0.29) is 6.54 Å². The normalized spacial score (nSPS) is 10.2. The van der Waals surface area contributed by atoms with Gasteiger partial charge < -0.3 is 9.84 Å². The highest BCUT2D eigenvalue weighted by molar-refractivity contribution is 9.10. The molecule has 1 amide bonds. The van der Waals surface area contributed by atoms with Gasteiger partial charge in [-0.05, 0) is 39.7 Å². The largest absolute Gasteiger partial charge is 0.497 e. The van der Waals surface area contributed by atoms with Gasteiger partial charge in [0.25, 0.3) is 0 Å². The summed E-state index contributed by atoms with van der Waals surface area (Å²) in [5.41, 5.74) is 1.22. The fourth-order valence-corrected chi connectivity index (χ4v) is 2.35. The Morgan fingerprint density at radius 1 is 1.43 bits per heavy atom. The monoisotopic (exact) mass is 370 g/mol. The summed E-state index contributed by atoms with van der Waals surface area (Å²) in [4.78, 5) is 16.7. The van der Waals surface area contributed by atoms with Crippen LogP contribution in [0.3, 0.4) is 0 Å². The van der Waals surface area contributed by atoms with Crippen LogP contribution in [0.25, 0.3) is 0 Å². The number of ether oxygens (including phenoxy) is 1. The number of hydrogen-bond donors (Lipinski definition) is 1. The second kappa shape index (κ2) is 6.78. The molecule has 1 N–H and O–H groups in total. The smallest absolute Gasteiger partial charge is 0.412 e. The zero-order valence-corrected chi connectivity index (χ0v) is 13.4. The number of nitrogens with zero attached hydrogens (tertiary/aromatic N) is 2. The van der Waals surface area contributed by atoms with E-state index in [1.165, 1.54) is 11.1 Å². The molecule has 1 aromatic heterocycles. The summed E-state index contributed by atoms with van der Waals surface area (Å²) in [6.07, 6.45) is 0.360. The first-order valence-corrected chi connectivity index (χ1v) is 7.13. The molecule has 0 saturated carbocycles. The van der Waals surface area contributed by atoms with Crippen LogP contribution in [0, 0.1) is 0 Å². The van der Waals surface area contributed by atoms with Crippen LogP contribution in [0.2, 0.25) is 5.02 Å². The van der Waals surface area contributed by atoms with Crippen LogP contribution in [0.4, 0.5) is 10.5 Å². The van der Waals surface area contributed by atoms with Crippen molar-refractivity contribution in [2.24, 2.45) is 0 Å². The van der Waals surface area contributed by atoms with E-state index >= 15 is 0 Å². The van der Waals surface area contributed by atoms with Crippen LogP contribution < -0.4 is 9.64 Å². The van der Waals surface area contributed by atoms with Gasteiger partial charge in [0.1, 0.15) is 10.4 Å². The molecule has 0 spiro atoms. The van der Waals surface area contributed by atoms with Crippen molar-refractivity contribution in [3.05, 3.63) is 51.7 Å². The Balaban J connectivity index is 2.30.